The first kappa shape index (κ1) is 14.8. The molecule has 0 saturated carbocycles. The highest BCUT2D eigenvalue weighted by atomic mass is 16.5. The zero-order valence-electron chi connectivity index (χ0n) is 12.4. The molecule has 0 aliphatic carbocycles. The van der Waals surface area contributed by atoms with Gasteiger partial charge in [0.05, 0.1) is 6.61 Å². The van der Waals surface area contributed by atoms with Crippen molar-refractivity contribution in [2.24, 2.45) is 0 Å². The van der Waals surface area contributed by atoms with Gasteiger partial charge >= 0.3 is 0 Å². The van der Waals surface area contributed by atoms with Crippen molar-refractivity contribution < 1.29 is 4.74 Å². The van der Waals surface area contributed by atoms with Crippen LogP contribution in [0.25, 0.3) is 0 Å². The largest absolute Gasteiger partial charge is 0.380 e. The summed E-state index contributed by atoms with van der Waals surface area (Å²) in [6, 6.07) is 17.3. The Labute approximate surface area is 121 Å². The lowest BCUT2D eigenvalue weighted by molar-refractivity contribution is 0.185. The smallest absolute Gasteiger partial charge is 0.0713 e. The fraction of sp³-hybridized carbons (Fsp3) is 0.333. The highest BCUT2D eigenvalue weighted by Crippen LogP contribution is 2.06. The molecule has 0 spiro atoms. The molecule has 0 aromatic heterocycles. The Morgan fingerprint density at radius 3 is 2.40 bits per heavy atom. The standard InChI is InChI=1S/C18H23NO/c1-15-4-3-5-16(12-15)10-11-19-13-17-6-8-18(9-7-17)14-20-2/h3-9,12,19H,10-11,13-14H2,1-2H3. The summed E-state index contributed by atoms with van der Waals surface area (Å²) in [5.74, 6) is 0. The fourth-order valence-electron chi connectivity index (χ4n) is 2.25. The molecule has 0 heterocycles. The van der Waals surface area contributed by atoms with Crippen molar-refractivity contribution in [1.29, 1.82) is 0 Å². The van der Waals surface area contributed by atoms with Crippen LogP contribution in [0, 0.1) is 6.92 Å². The minimum absolute atomic E-state index is 0.682. The van der Waals surface area contributed by atoms with Gasteiger partial charge in [-0.05, 0) is 36.6 Å². The highest BCUT2D eigenvalue weighted by molar-refractivity contribution is 5.23. The predicted molar refractivity (Wildman–Crippen MR) is 83.7 cm³/mol. The molecular weight excluding hydrogens is 246 g/mol. The Morgan fingerprint density at radius 1 is 0.950 bits per heavy atom. The molecule has 2 heteroatoms. The molecule has 0 bridgehead atoms. The molecule has 1 N–H and O–H groups in total. The second kappa shape index (κ2) is 7.83. The molecule has 0 aliphatic rings. The second-order valence-electron chi connectivity index (χ2n) is 5.17. The summed E-state index contributed by atoms with van der Waals surface area (Å²) in [5, 5.41) is 3.49. The summed E-state index contributed by atoms with van der Waals surface area (Å²) < 4.78 is 5.11. The molecule has 0 fully saturated rings. The van der Waals surface area contributed by atoms with Crippen LogP contribution in [0.5, 0.6) is 0 Å². The average molecular weight is 269 g/mol. The Kier molecular flexibility index (Phi) is 5.78. The molecule has 2 aromatic carbocycles. The van der Waals surface area contributed by atoms with E-state index in [1.165, 1.54) is 22.3 Å². The molecule has 20 heavy (non-hydrogen) atoms. The third kappa shape index (κ3) is 4.80. The van der Waals surface area contributed by atoms with Gasteiger partial charge in [-0.1, -0.05) is 54.1 Å². The summed E-state index contributed by atoms with van der Waals surface area (Å²) in [6.07, 6.45) is 1.07. The molecule has 2 nitrogen and oxygen atoms in total. The molecule has 0 amide bonds. The molecule has 2 rings (SSSR count). The topological polar surface area (TPSA) is 21.3 Å². The lowest BCUT2D eigenvalue weighted by atomic mass is 10.1. The Morgan fingerprint density at radius 2 is 1.70 bits per heavy atom. The van der Waals surface area contributed by atoms with Crippen LogP contribution in [0.2, 0.25) is 0 Å². The molecular formula is C18H23NO. The van der Waals surface area contributed by atoms with Gasteiger partial charge in [0, 0.05) is 13.7 Å². The van der Waals surface area contributed by atoms with E-state index in [1.54, 1.807) is 7.11 Å². The minimum atomic E-state index is 0.682. The van der Waals surface area contributed by atoms with Gasteiger partial charge in [0.15, 0.2) is 0 Å². The molecule has 0 aliphatic heterocycles. The first-order valence-corrected chi connectivity index (χ1v) is 7.11. The number of aryl methyl sites for hydroxylation is 1. The van der Waals surface area contributed by atoms with Gasteiger partial charge in [0.1, 0.15) is 0 Å². The average Bonchev–Trinajstić information content (AvgIpc) is 2.46. The van der Waals surface area contributed by atoms with Crippen LogP contribution in [0.3, 0.4) is 0 Å². The van der Waals surface area contributed by atoms with Gasteiger partial charge in [0.2, 0.25) is 0 Å². The van der Waals surface area contributed by atoms with E-state index in [9.17, 15) is 0 Å². The van der Waals surface area contributed by atoms with Gasteiger partial charge in [-0.2, -0.15) is 0 Å². The van der Waals surface area contributed by atoms with E-state index in [-0.39, 0.29) is 0 Å². The maximum Gasteiger partial charge on any atom is 0.0713 e. The summed E-state index contributed by atoms with van der Waals surface area (Å²) in [4.78, 5) is 0. The van der Waals surface area contributed by atoms with Crippen molar-refractivity contribution in [3.05, 3.63) is 70.8 Å². The zero-order valence-corrected chi connectivity index (χ0v) is 12.4. The number of rotatable bonds is 7. The van der Waals surface area contributed by atoms with E-state index in [1.807, 2.05) is 0 Å². The van der Waals surface area contributed by atoms with Crippen molar-refractivity contribution in [3.8, 4) is 0 Å². The van der Waals surface area contributed by atoms with Gasteiger partial charge in [-0.3, -0.25) is 0 Å². The van der Waals surface area contributed by atoms with E-state index in [0.29, 0.717) is 6.61 Å². The van der Waals surface area contributed by atoms with E-state index in [2.05, 4.69) is 60.8 Å². The van der Waals surface area contributed by atoms with Crippen molar-refractivity contribution in [3.63, 3.8) is 0 Å². The number of ether oxygens (including phenoxy) is 1. The van der Waals surface area contributed by atoms with E-state index < -0.39 is 0 Å². The highest BCUT2D eigenvalue weighted by Gasteiger charge is 1.96. The third-order valence-corrected chi connectivity index (χ3v) is 3.34. The van der Waals surface area contributed by atoms with Crippen LogP contribution in [0.1, 0.15) is 22.3 Å². The lowest BCUT2D eigenvalue weighted by Gasteiger charge is -2.07. The maximum absolute atomic E-state index is 5.11. The number of hydrogen-bond acceptors (Lipinski definition) is 2. The Hall–Kier alpha value is -1.64. The van der Waals surface area contributed by atoms with Crippen molar-refractivity contribution in [2.45, 2.75) is 26.5 Å². The zero-order chi connectivity index (χ0) is 14.2. The van der Waals surface area contributed by atoms with Crippen LogP contribution < -0.4 is 5.32 Å². The maximum atomic E-state index is 5.11. The molecule has 0 unspecified atom stereocenters. The van der Waals surface area contributed by atoms with Gasteiger partial charge in [0.25, 0.3) is 0 Å². The number of benzene rings is 2. The van der Waals surface area contributed by atoms with Gasteiger partial charge in [-0.15, -0.1) is 0 Å². The normalized spacial score (nSPS) is 10.7. The predicted octanol–water partition coefficient (Wildman–Crippen LogP) is 3.47. The van der Waals surface area contributed by atoms with Gasteiger partial charge in [-0.25, -0.2) is 0 Å². The summed E-state index contributed by atoms with van der Waals surface area (Å²) >= 11 is 0. The van der Waals surface area contributed by atoms with Crippen LogP contribution in [0.15, 0.2) is 48.5 Å². The van der Waals surface area contributed by atoms with E-state index >= 15 is 0 Å². The summed E-state index contributed by atoms with van der Waals surface area (Å²) in [5.41, 5.74) is 5.26. The lowest BCUT2D eigenvalue weighted by Crippen LogP contribution is -2.16. The van der Waals surface area contributed by atoms with Crippen LogP contribution in [-0.4, -0.2) is 13.7 Å². The van der Waals surface area contributed by atoms with Crippen molar-refractivity contribution in [2.75, 3.05) is 13.7 Å². The molecule has 0 saturated heterocycles. The summed E-state index contributed by atoms with van der Waals surface area (Å²) in [6.45, 7) is 4.74. The molecule has 0 atom stereocenters. The first-order valence-electron chi connectivity index (χ1n) is 7.11. The van der Waals surface area contributed by atoms with E-state index in [0.717, 1.165) is 19.5 Å². The van der Waals surface area contributed by atoms with Gasteiger partial charge < -0.3 is 10.1 Å². The first-order chi connectivity index (χ1) is 9.78. The van der Waals surface area contributed by atoms with Crippen LogP contribution in [0.4, 0.5) is 0 Å². The SMILES string of the molecule is COCc1ccc(CNCCc2cccc(C)c2)cc1. The number of hydrogen-bond donors (Lipinski definition) is 1. The Bertz CT molecular complexity index is 519. The third-order valence-electron chi connectivity index (χ3n) is 3.34. The molecule has 2 aromatic rings. The second-order valence-corrected chi connectivity index (χ2v) is 5.17. The van der Waals surface area contributed by atoms with Crippen molar-refractivity contribution >= 4 is 0 Å². The van der Waals surface area contributed by atoms with Crippen LogP contribution >= 0.6 is 0 Å². The van der Waals surface area contributed by atoms with Crippen molar-refractivity contribution in [1.82, 2.24) is 5.32 Å². The molecule has 0 radical (unpaired) electrons. The molecule has 106 valence electrons. The number of methoxy groups -OCH3 is 1. The number of nitrogens with one attached hydrogen (secondary N) is 1. The monoisotopic (exact) mass is 269 g/mol. The van der Waals surface area contributed by atoms with Crippen LogP contribution in [-0.2, 0) is 24.3 Å². The minimum Gasteiger partial charge on any atom is -0.380 e. The quantitative estimate of drug-likeness (QED) is 0.777. The summed E-state index contributed by atoms with van der Waals surface area (Å²) in [7, 11) is 1.72. The Balaban J connectivity index is 1.73. The van der Waals surface area contributed by atoms with E-state index in [4.69, 9.17) is 4.74 Å². The fourth-order valence-corrected chi connectivity index (χ4v) is 2.25.